The molecule has 3 atom stereocenters. The molecule has 1 N–H and O–H groups in total. The highest BCUT2D eigenvalue weighted by Crippen LogP contribution is 2.52. The smallest absolute Gasteiger partial charge is 0.295 e. The van der Waals surface area contributed by atoms with Crippen LogP contribution in [0.25, 0.3) is 11.2 Å². The lowest BCUT2D eigenvalue weighted by atomic mass is 10.2. The van der Waals surface area contributed by atoms with Crippen molar-refractivity contribution in [3.63, 3.8) is 0 Å². The maximum atomic E-state index is 13.2. The molecule has 0 amide bonds. The molecule has 0 spiro atoms. The number of sulfonamides is 1. The van der Waals surface area contributed by atoms with Crippen LogP contribution in [0.2, 0.25) is 5.28 Å². The Labute approximate surface area is 179 Å². The van der Waals surface area contributed by atoms with Gasteiger partial charge in [-0.15, -0.1) is 0 Å². The quantitative estimate of drug-likeness (QED) is 0.637. The number of nitrogens with zero attached hydrogens (tertiary/aromatic N) is 5. The standard InChI is InChI=1S/C19H25ClN6O3S/c1-3-30(28,29)25-8-13-12(14(13)9-25)6-21-16-18(27)26(10(2)11-4-5-11)17-15(23-16)7-22-19(20)24-17/h7,10-14H,3-6,8-9H2,1-2H3,(H,21,23)/t10-,12?,13?,14?/m0/s1. The molecule has 9 nitrogen and oxygen atoms in total. The second-order valence-electron chi connectivity index (χ2n) is 8.65. The van der Waals surface area contributed by atoms with Gasteiger partial charge in [0.05, 0.1) is 11.9 Å². The van der Waals surface area contributed by atoms with E-state index in [1.54, 1.807) is 22.0 Å². The molecule has 162 valence electrons. The third kappa shape index (κ3) is 3.38. The van der Waals surface area contributed by atoms with E-state index in [9.17, 15) is 13.2 Å². The number of hydrogen-bond donors (Lipinski definition) is 1. The van der Waals surface area contributed by atoms with E-state index in [4.69, 9.17) is 11.6 Å². The first kappa shape index (κ1) is 20.1. The first-order chi connectivity index (χ1) is 14.3. The van der Waals surface area contributed by atoms with Crippen LogP contribution in [0.1, 0.15) is 32.7 Å². The van der Waals surface area contributed by atoms with Crippen LogP contribution in [-0.4, -0.2) is 57.6 Å². The number of anilines is 1. The first-order valence-electron chi connectivity index (χ1n) is 10.5. The summed E-state index contributed by atoms with van der Waals surface area (Å²) in [7, 11) is -3.12. The highest BCUT2D eigenvalue weighted by atomic mass is 35.5. The zero-order chi connectivity index (χ0) is 21.2. The van der Waals surface area contributed by atoms with Gasteiger partial charge in [-0.3, -0.25) is 9.36 Å². The molecular formula is C19H25ClN6O3S. The summed E-state index contributed by atoms with van der Waals surface area (Å²) >= 11 is 5.97. The van der Waals surface area contributed by atoms with Gasteiger partial charge in [0.15, 0.2) is 11.5 Å². The van der Waals surface area contributed by atoms with Crippen molar-refractivity contribution in [2.45, 2.75) is 32.7 Å². The Kier molecular flexibility index (Phi) is 4.79. The Balaban J connectivity index is 1.36. The van der Waals surface area contributed by atoms with Crippen molar-refractivity contribution < 1.29 is 8.42 Å². The summed E-state index contributed by atoms with van der Waals surface area (Å²) in [5.74, 6) is 1.97. The summed E-state index contributed by atoms with van der Waals surface area (Å²) in [6, 6.07) is 0.0163. The third-order valence-electron chi connectivity index (χ3n) is 6.92. The SMILES string of the molecule is CCS(=O)(=O)N1CC2C(CNc3nc4cnc(Cl)nc4n([C@@H](C)C4CC4)c3=O)C2C1. The zero-order valence-corrected chi connectivity index (χ0v) is 18.5. The monoisotopic (exact) mass is 452 g/mol. The molecule has 1 saturated heterocycles. The molecule has 0 aromatic carbocycles. The third-order valence-corrected chi connectivity index (χ3v) is 8.91. The number of halogens is 1. The van der Waals surface area contributed by atoms with Crippen molar-refractivity contribution in [1.29, 1.82) is 0 Å². The lowest BCUT2D eigenvalue weighted by Gasteiger charge is -2.19. The summed E-state index contributed by atoms with van der Waals surface area (Å²) in [6.07, 6.45) is 3.74. The Morgan fingerprint density at radius 3 is 2.60 bits per heavy atom. The van der Waals surface area contributed by atoms with Gasteiger partial charge in [-0.2, -0.15) is 4.98 Å². The highest BCUT2D eigenvalue weighted by molar-refractivity contribution is 7.89. The number of fused-ring (bicyclic) bond motifs is 2. The molecule has 3 aliphatic rings. The molecular weight excluding hydrogens is 428 g/mol. The van der Waals surface area contributed by atoms with Crippen molar-refractivity contribution in [3.8, 4) is 0 Å². The molecule has 2 aromatic heterocycles. The van der Waals surface area contributed by atoms with Gasteiger partial charge >= 0.3 is 0 Å². The Morgan fingerprint density at radius 2 is 1.97 bits per heavy atom. The average Bonchev–Trinajstić information content (AvgIpc) is 3.63. The fourth-order valence-electron chi connectivity index (χ4n) is 4.80. The van der Waals surface area contributed by atoms with Gasteiger partial charge in [0, 0.05) is 25.7 Å². The lowest BCUT2D eigenvalue weighted by molar-refractivity contribution is 0.417. The molecule has 11 heteroatoms. The minimum absolute atomic E-state index is 0.0163. The molecule has 5 rings (SSSR count). The summed E-state index contributed by atoms with van der Waals surface area (Å²) in [5.41, 5.74) is 0.802. The van der Waals surface area contributed by atoms with Crippen LogP contribution < -0.4 is 10.9 Å². The van der Waals surface area contributed by atoms with Crippen LogP contribution in [0, 0.1) is 23.7 Å². The van der Waals surface area contributed by atoms with E-state index in [1.807, 2.05) is 6.92 Å². The van der Waals surface area contributed by atoms with E-state index in [1.165, 1.54) is 0 Å². The van der Waals surface area contributed by atoms with E-state index < -0.39 is 10.0 Å². The van der Waals surface area contributed by atoms with E-state index in [0.29, 0.717) is 60.3 Å². The lowest BCUT2D eigenvalue weighted by Crippen LogP contribution is -2.34. The van der Waals surface area contributed by atoms with Crippen molar-refractivity contribution in [2.75, 3.05) is 30.7 Å². The molecule has 0 radical (unpaired) electrons. The maximum Gasteiger partial charge on any atom is 0.295 e. The second-order valence-corrected chi connectivity index (χ2v) is 11.2. The number of nitrogens with one attached hydrogen (secondary N) is 1. The van der Waals surface area contributed by atoms with E-state index in [2.05, 4.69) is 20.3 Å². The van der Waals surface area contributed by atoms with Gasteiger partial charge in [0.25, 0.3) is 5.56 Å². The largest absolute Gasteiger partial charge is 0.365 e. The summed E-state index contributed by atoms with van der Waals surface area (Å²) in [6.45, 7) is 5.47. The molecule has 2 saturated carbocycles. The van der Waals surface area contributed by atoms with E-state index in [0.717, 1.165) is 12.8 Å². The van der Waals surface area contributed by atoms with E-state index in [-0.39, 0.29) is 22.6 Å². The Bertz CT molecular complexity index is 1150. The second kappa shape index (κ2) is 7.13. The van der Waals surface area contributed by atoms with E-state index >= 15 is 0 Å². The van der Waals surface area contributed by atoms with Crippen molar-refractivity contribution in [3.05, 3.63) is 21.8 Å². The van der Waals surface area contributed by atoms with Gasteiger partial charge in [-0.1, -0.05) is 0 Å². The van der Waals surface area contributed by atoms with Crippen LogP contribution in [0.15, 0.2) is 11.0 Å². The highest BCUT2D eigenvalue weighted by Gasteiger charge is 2.57. The number of rotatable bonds is 7. The summed E-state index contributed by atoms with van der Waals surface area (Å²) < 4.78 is 27.4. The van der Waals surface area contributed by atoms with Gasteiger partial charge < -0.3 is 5.32 Å². The molecule has 2 aromatic rings. The zero-order valence-electron chi connectivity index (χ0n) is 17.0. The van der Waals surface area contributed by atoms with Crippen LogP contribution in [0.3, 0.4) is 0 Å². The van der Waals surface area contributed by atoms with Gasteiger partial charge in [0.1, 0.15) is 5.52 Å². The topological polar surface area (TPSA) is 110 Å². The Hall–Kier alpha value is -1.78. The average molecular weight is 453 g/mol. The molecule has 1 aliphatic heterocycles. The minimum Gasteiger partial charge on any atom is -0.365 e. The number of piperidine rings is 1. The predicted octanol–water partition coefficient (Wildman–Crippen LogP) is 1.75. The first-order valence-corrected chi connectivity index (χ1v) is 12.5. The van der Waals surface area contributed by atoms with Gasteiger partial charge in [-0.05, 0) is 62.0 Å². The number of aromatic nitrogens is 4. The van der Waals surface area contributed by atoms with Crippen molar-refractivity contribution >= 4 is 38.6 Å². The molecule has 30 heavy (non-hydrogen) atoms. The molecule has 2 aliphatic carbocycles. The fourth-order valence-corrected chi connectivity index (χ4v) is 6.09. The van der Waals surface area contributed by atoms with Gasteiger partial charge in [0.2, 0.25) is 15.3 Å². The van der Waals surface area contributed by atoms with Gasteiger partial charge in [-0.25, -0.2) is 22.7 Å². The predicted molar refractivity (Wildman–Crippen MR) is 114 cm³/mol. The van der Waals surface area contributed by atoms with Crippen molar-refractivity contribution in [2.24, 2.45) is 23.7 Å². The Morgan fingerprint density at radius 1 is 1.27 bits per heavy atom. The van der Waals surface area contributed by atoms with Crippen LogP contribution in [0.4, 0.5) is 5.82 Å². The number of hydrogen-bond acceptors (Lipinski definition) is 7. The van der Waals surface area contributed by atoms with Crippen molar-refractivity contribution in [1.82, 2.24) is 23.8 Å². The molecule has 2 unspecified atom stereocenters. The molecule has 0 bridgehead atoms. The minimum atomic E-state index is -3.12. The fraction of sp³-hybridized carbons (Fsp3) is 0.684. The molecule has 3 fully saturated rings. The summed E-state index contributed by atoms with van der Waals surface area (Å²) in [4.78, 5) is 26.0. The maximum absolute atomic E-state index is 13.2. The van der Waals surface area contributed by atoms with Crippen LogP contribution in [-0.2, 0) is 10.0 Å². The van der Waals surface area contributed by atoms with Crippen LogP contribution >= 0.6 is 11.6 Å². The normalized spacial score (nSPS) is 27.2. The molecule has 3 heterocycles. The summed E-state index contributed by atoms with van der Waals surface area (Å²) in [5, 5.41) is 3.33. The van der Waals surface area contributed by atoms with Crippen LogP contribution in [0.5, 0.6) is 0 Å².